The third-order valence-electron chi connectivity index (χ3n) is 2.91. The van der Waals surface area contributed by atoms with Gasteiger partial charge in [0.15, 0.2) is 0 Å². The molecular weight excluding hydrogens is 196 g/mol. The van der Waals surface area contributed by atoms with E-state index < -0.39 is 0 Å². The highest BCUT2D eigenvalue weighted by molar-refractivity contribution is 5.95. The van der Waals surface area contributed by atoms with E-state index in [4.69, 9.17) is 0 Å². The SMILES string of the molecule is COC(=O)C1=C[C@H]2C[C@@H]1C=C2C(=O)OC. The second-order valence-corrected chi connectivity index (χ2v) is 3.68. The van der Waals surface area contributed by atoms with Crippen LogP contribution < -0.4 is 0 Å². The maximum Gasteiger partial charge on any atom is 0.334 e. The summed E-state index contributed by atoms with van der Waals surface area (Å²) in [4.78, 5) is 22.6. The Hall–Kier alpha value is -1.58. The van der Waals surface area contributed by atoms with Crippen molar-refractivity contribution in [1.82, 2.24) is 0 Å². The van der Waals surface area contributed by atoms with Crippen LogP contribution in [0.2, 0.25) is 0 Å². The molecule has 2 aliphatic carbocycles. The third kappa shape index (κ3) is 1.46. The molecule has 0 fully saturated rings. The molecule has 0 N–H and O–H groups in total. The number of allylic oxidation sites excluding steroid dienone is 2. The first kappa shape index (κ1) is 9.96. The highest BCUT2D eigenvalue weighted by Gasteiger charge is 2.39. The highest BCUT2D eigenvalue weighted by Crippen LogP contribution is 2.43. The summed E-state index contributed by atoms with van der Waals surface area (Å²) in [6.45, 7) is 0. The van der Waals surface area contributed by atoms with Crippen LogP contribution in [0.25, 0.3) is 0 Å². The zero-order valence-corrected chi connectivity index (χ0v) is 8.65. The van der Waals surface area contributed by atoms with E-state index in [0.717, 1.165) is 6.42 Å². The van der Waals surface area contributed by atoms with E-state index in [2.05, 4.69) is 9.47 Å². The van der Waals surface area contributed by atoms with E-state index in [1.165, 1.54) is 14.2 Å². The monoisotopic (exact) mass is 208 g/mol. The first-order valence-corrected chi connectivity index (χ1v) is 4.77. The Morgan fingerprint density at radius 3 is 1.73 bits per heavy atom. The second-order valence-electron chi connectivity index (χ2n) is 3.68. The van der Waals surface area contributed by atoms with Crippen LogP contribution in [0.1, 0.15) is 6.42 Å². The van der Waals surface area contributed by atoms with Crippen molar-refractivity contribution < 1.29 is 19.1 Å². The summed E-state index contributed by atoms with van der Waals surface area (Å²) in [6.07, 6.45) is 4.40. The van der Waals surface area contributed by atoms with Crippen molar-refractivity contribution >= 4 is 11.9 Å². The maximum atomic E-state index is 11.3. The van der Waals surface area contributed by atoms with Gasteiger partial charge < -0.3 is 9.47 Å². The Morgan fingerprint density at radius 2 is 1.47 bits per heavy atom. The molecule has 2 bridgehead atoms. The molecule has 80 valence electrons. The van der Waals surface area contributed by atoms with E-state index in [0.29, 0.717) is 11.1 Å². The van der Waals surface area contributed by atoms with Gasteiger partial charge in [0.1, 0.15) is 0 Å². The van der Waals surface area contributed by atoms with E-state index in [-0.39, 0.29) is 23.8 Å². The van der Waals surface area contributed by atoms with Crippen LogP contribution in [0.4, 0.5) is 0 Å². The van der Waals surface area contributed by atoms with E-state index >= 15 is 0 Å². The zero-order valence-electron chi connectivity index (χ0n) is 8.65. The average Bonchev–Trinajstić information content (AvgIpc) is 2.85. The Kier molecular flexibility index (Phi) is 2.34. The molecule has 0 saturated carbocycles. The van der Waals surface area contributed by atoms with Gasteiger partial charge in [-0.05, 0) is 6.42 Å². The largest absolute Gasteiger partial charge is 0.466 e. The van der Waals surface area contributed by atoms with Crippen molar-refractivity contribution in [2.24, 2.45) is 11.8 Å². The van der Waals surface area contributed by atoms with Gasteiger partial charge in [-0.15, -0.1) is 0 Å². The lowest BCUT2D eigenvalue weighted by atomic mass is 9.99. The number of hydrogen-bond donors (Lipinski definition) is 0. The van der Waals surface area contributed by atoms with Gasteiger partial charge in [0.2, 0.25) is 0 Å². The van der Waals surface area contributed by atoms with Crippen LogP contribution in [0.15, 0.2) is 23.3 Å². The molecule has 0 aromatic carbocycles. The van der Waals surface area contributed by atoms with Crippen molar-refractivity contribution in [3.05, 3.63) is 23.3 Å². The smallest absolute Gasteiger partial charge is 0.334 e. The van der Waals surface area contributed by atoms with Crippen LogP contribution in [-0.4, -0.2) is 26.2 Å². The highest BCUT2D eigenvalue weighted by atomic mass is 16.5. The molecule has 0 unspecified atom stereocenters. The number of fused-ring (bicyclic) bond motifs is 2. The standard InChI is InChI=1S/C11H12O4/c1-14-10(12)8-4-7-3-6(8)5-9(7)11(13)15-2/h4-7H,3H2,1-2H3/t6-,7-/m1/s1. The molecular formula is C11H12O4. The lowest BCUT2D eigenvalue weighted by Gasteiger charge is -2.10. The molecule has 0 saturated heterocycles. The first-order valence-electron chi connectivity index (χ1n) is 4.77. The van der Waals surface area contributed by atoms with Crippen LogP contribution in [0.3, 0.4) is 0 Å². The summed E-state index contributed by atoms with van der Waals surface area (Å²) in [5, 5.41) is 0. The van der Waals surface area contributed by atoms with Crippen molar-refractivity contribution in [3.63, 3.8) is 0 Å². The first-order chi connectivity index (χ1) is 7.17. The molecule has 0 aromatic rings. The number of carbonyl (C=O) groups is 2. The topological polar surface area (TPSA) is 52.6 Å². The molecule has 2 rings (SSSR count). The normalized spacial score (nSPS) is 27.1. The minimum absolute atomic E-state index is 0.0246. The summed E-state index contributed by atoms with van der Waals surface area (Å²) in [7, 11) is 2.72. The Balaban J connectivity index is 2.16. The molecule has 4 nitrogen and oxygen atoms in total. The predicted molar refractivity (Wildman–Crippen MR) is 51.8 cm³/mol. The number of rotatable bonds is 2. The summed E-state index contributed by atoms with van der Waals surface area (Å²) in [6, 6.07) is 0. The number of hydrogen-bond acceptors (Lipinski definition) is 4. The van der Waals surface area contributed by atoms with Crippen LogP contribution in [0, 0.1) is 11.8 Å². The van der Waals surface area contributed by atoms with Gasteiger partial charge in [-0.2, -0.15) is 0 Å². The molecule has 2 atom stereocenters. The Labute approximate surface area is 87.5 Å². The van der Waals surface area contributed by atoms with Crippen molar-refractivity contribution in [1.29, 1.82) is 0 Å². The number of carbonyl (C=O) groups excluding carboxylic acids is 2. The van der Waals surface area contributed by atoms with Crippen LogP contribution in [-0.2, 0) is 19.1 Å². The van der Waals surface area contributed by atoms with E-state index in [1.54, 1.807) is 0 Å². The zero-order chi connectivity index (χ0) is 11.0. The molecule has 0 spiro atoms. The van der Waals surface area contributed by atoms with Crippen molar-refractivity contribution in [2.75, 3.05) is 14.2 Å². The van der Waals surface area contributed by atoms with Gasteiger partial charge in [0.05, 0.1) is 14.2 Å². The van der Waals surface area contributed by atoms with Crippen molar-refractivity contribution in [3.8, 4) is 0 Å². The van der Waals surface area contributed by atoms with Gasteiger partial charge in [-0.1, -0.05) is 12.2 Å². The fourth-order valence-electron chi connectivity index (χ4n) is 2.20. The number of methoxy groups -OCH3 is 2. The lowest BCUT2D eigenvalue weighted by molar-refractivity contribution is -0.137. The van der Waals surface area contributed by atoms with Gasteiger partial charge >= 0.3 is 11.9 Å². The van der Waals surface area contributed by atoms with E-state index in [9.17, 15) is 9.59 Å². The Bertz CT molecular complexity index is 342. The van der Waals surface area contributed by atoms with Gasteiger partial charge in [-0.3, -0.25) is 0 Å². The van der Waals surface area contributed by atoms with Gasteiger partial charge in [-0.25, -0.2) is 9.59 Å². The summed E-state index contributed by atoms with van der Waals surface area (Å²) < 4.78 is 9.31. The molecule has 2 aliphatic rings. The lowest BCUT2D eigenvalue weighted by Crippen LogP contribution is -2.13. The average molecular weight is 208 g/mol. The molecule has 0 amide bonds. The van der Waals surface area contributed by atoms with E-state index in [1.807, 2.05) is 12.2 Å². The van der Waals surface area contributed by atoms with Crippen LogP contribution in [0.5, 0.6) is 0 Å². The molecule has 0 aliphatic heterocycles. The number of ether oxygens (including phenoxy) is 2. The predicted octanol–water partition coefficient (Wildman–Crippen LogP) is 0.835. The van der Waals surface area contributed by atoms with Gasteiger partial charge in [0, 0.05) is 23.0 Å². The molecule has 4 heteroatoms. The second kappa shape index (κ2) is 3.53. The molecule has 0 radical (unpaired) electrons. The fraction of sp³-hybridized carbons (Fsp3) is 0.455. The summed E-state index contributed by atoms with van der Waals surface area (Å²) in [5.74, 6) is -0.557. The fourth-order valence-corrected chi connectivity index (χ4v) is 2.20. The van der Waals surface area contributed by atoms with Gasteiger partial charge in [0.25, 0.3) is 0 Å². The summed E-state index contributed by atoms with van der Waals surface area (Å²) >= 11 is 0. The molecule has 15 heavy (non-hydrogen) atoms. The quantitative estimate of drug-likeness (QED) is 0.631. The molecule has 0 aromatic heterocycles. The third-order valence-corrected chi connectivity index (χ3v) is 2.91. The Morgan fingerprint density at radius 1 is 1.07 bits per heavy atom. The summed E-state index contributed by atoms with van der Waals surface area (Å²) in [5.41, 5.74) is 1.32. The molecule has 0 heterocycles. The van der Waals surface area contributed by atoms with Crippen LogP contribution >= 0.6 is 0 Å². The number of esters is 2. The minimum atomic E-state index is -0.303. The minimum Gasteiger partial charge on any atom is -0.466 e. The maximum absolute atomic E-state index is 11.3. The van der Waals surface area contributed by atoms with Crippen molar-refractivity contribution in [2.45, 2.75) is 6.42 Å².